The second kappa shape index (κ2) is 8.62. The number of amides is 1. The van der Waals surface area contributed by atoms with E-state index >= 15 is 0 Å². The molecule has 1 unspecified atom stereocenters. The summed E-state index contributed by atoms with van der Waals surface area (Å²) >= 11 is 0. The Labute approximate surface area is 159 Å². The third-order valence-corrected chi connectivity index (χ3v) is 4.40. The lowest BCUT2D eigenvalue weighted by Crippen LogP contribution is -2.30. The van der Waals surface area contributed by atoms with Crippen LogP contribution in [-0.4, -0.2) is 26.2 Å². The van der Waals surface area contributed by atoms with E-state index in [-0.39, 0.29) is 17.9 Å². The summed E-state index contributed by atoms with van der Waals surface area (Å²) in [6.07, 6.45) is 3.28. The van der Waals surface area contributed by atoms with Gasteiger partial charge in [0.1, 0.15) is 13.2 Å². The van der Waals surface area contributed by atoms with Crippen molar-refractivity contribution in [1.29, 1.82) is 0 Å². The summed E-state index contributed by atoms with van der Waals surface area (Å²) in [6, 6.07) is 13.6. The fourth-order valence-corrected chi connectivity index (χ4v) is 3.06. The van der Waals surface area contributed by atoms with Gasteiger partial charge in [-0.3, -0.25) is 4.79 Å². The number of hydrogen-bond acceptors (Lipinski definition) is 4. The normalized spacial score (nSPS) is 14.2. The third-order valence-electron chi connectivity index (χ3n) is 4.40. The molecule has 2 aromatic carbocycles. The molecule has 0 radical (unpaired) electrons. The number of ether oxygens (including phenoxy) is 3. The van der Waals surface area contributed by atoms with E-state index in [1.165, 1.54) is 6.08 Å². The summed E-state index contributed by atoms with van der Waals surface area (Å²) in [5, 5.41) is 3.08. The van der Waals surface area contributed by atoms with Gasteiger partial charge in [0.05, 0.1) is 13.2 Å². The summed E-state index contributed by atoms with van der Waals surface area (Å²) in [5.41, 5.74) is 1.90. The Bertz CT molecular complexity index is 797. The number of benzene rings is 2. The van der Waals surface area contributed by atoms with Crippen molar-refractivity contribution in [3.63, 3.8) is 0 Å². The number of methoxy groups -OCH3 is 1. The second-order valence-corrected chi connectivity index (χ2v) is 6.72. The van der Waals surface area contributed by atoms with Crippen LogP contribution in [0.5, 0.6) is 17.2 Å². The predicted octanol–water partition coefficient (Wildman–Crippen LogP) is 3.99. The summed E-state index contributed by atoms with van der Waals surface area (Å²) in [6.45, 7) is 5.18. The Balaban J connectivity index is 1.74. The highest BCUT2D eigenvalue weighted by atomic mass is 16.6. The van der Waals surface area contributed by atoms with Crippen LogP contribution >= 0.6 is 0 Å². The number of hydrogen-bond donors (Lipinski definition) is 1. The average molecular weight is 367 g/mol. The second-order valence-electron chi connectivity index (χ2n) is 6.72. The van der Waals surface area contributed by atoms with E-state index in [0.29, 0.717) is 30.5 Å². The zero-order chi connectivity index (χ0) is 19.2. The summed E-state index contributed by atoms with van der Waals surface area (Å²) in [7, 11) is 1.58. The van der Waals surface area contributed by atoms with Crippen molar-refractivity contribution < 1.29 is 19.0 Å². The van der Waals surface area contributed by atoms with Gasteiger partial charge in [-0.1, -0.05) is 44.2 Å². The number of rotatable bonds is 6. The van der Waals surface area contributed by atoms with Crippen LogP contribution in [0.4, 0.5) is 0 Å². The van der Waals surface area contributed by atoms with Crippen molar-refractivity contribution in [1.82, 2.24) is 5.32 Å². The molecule has 3 rings (SSSR count). The molecule has 1 aliphatic rings. The summed E-state index contributed by atoms with van der Waals surface area (Å²) in [4.78, 5) is 12.5. The van der Waals surface area contributed by atoms with Crippen LogP contribution in [-0.2, 0) is 4.79 Å². The lowest BCUT2D eigenvalue weighted by Gasteiger charge is -2.22. The fraction of sp³-hybridized carbons (Fsp3) is 0.318. The Morgan fingerprint density at radius 2 is 1.89 bits per heavy atom. The molecule has 0 fully saturated rings. The molecule has 0 saturated carbocycles. The van der Waals surface area contributed by atoms with E-state index < -0.39 is 0 Å². The van der Waals surface area contributed by atoms with Gasteiger partial charge in [-0.25, -0.2) is 0 Å². The molecule has 1 N–H and O–H groups in total. The number of carbonyl (C=O) groups excluding carboxylic acids is 1. The van der Waals surface area contributed by atoms with Crippen molar-refractivity contribution in [2.24, 2.45) is 5.92 Å². The van der Waals surface area contributed by atoms with Crippen molar-refractivity contribution in [2.75, 3.05) is 20.3 Å². The molecule has 0 saturated heterocycles. The Hall–Kier alpha value is -2.95. The summed E-state index contributed by atoms with van der Waals surface area (Å²) in [5.74, 6) is 1.96. The molecule has 27 heavy (non-hydrogen) atoms. The van der Waals surface area contributed by atoms with E-state index in [4.69, 9.17) is 14.2 Å². The van der Waals surface area contributed by atoms with Crippen molar-refractivity contribution >= 4 is 12.0 Å². The minimum absolute atomic E-state index is 0.0434. The van der Waals surface area contributed by atoms with Crippen LogP contribution in [0.15, 0.2) is 48.5 Å². The maximum Gasteiger partial charge on any atom is 0.244 e. The van der Waals surface area contributed by atoms with Gasteiger partial charge in [0.2, 0.25) is 11.7 Å². The van der Waals surface area contributed by atoms with Gasteiger partial charge < -0.3 is 19.5 Å². The molecular weight excluding hydrogens is 342 g/mol. The van der Waals surface area contributed by atoms with Crippen LogP contribution < -0.4 is 19.5 Å². The number of fused-ring (bicyclic) bond motifs is 1. The largest absolute Gasteiger partial charge is 0.493 e. The van der Waals surface area contributed by atoms with Crippen LogP contribution in [0.2, 0.25) is 0 Å². The molecule has 5 nitrogen and oxygen atoms in total. The maximum absolute atomic E-state index is 12.5. The zero-order valence-electron chi connectivity index (χ0n) is 15.9. The molecule has 5 heteroatoms. The molecule has 1 atom stereocenters. The monoisotopic (exact) mass is 367 g/mol. The molecule has 0 bridgehead atoms. The Kier molecular flexibility index (Phi) is 6.01. The van der Waals surface area contributed by atoms with E-state index in [9.17, 15) is 4.79 Å². The standard InChI is InChI=1S/C22H25NO4/c1-15(2)21(17-7-5-4-6-8-17)23-20(24)10-9-16-13-18(25-3)22-19(14-16)26-11-12-27-22/h4-10,13-15,21H,11-12H2,1-3H3,(H,23,24)/b10-9+. The third kappa shape index (κ3) is 4.61. The SMILES string of the molecule is COc1cc(/C=C/C(=O)NC(c2ccccc2)C(C)C)cc2c1OCCO2. The first-order valence-electron chi connectivity index (χ1n) is 9.09. The maximum atomic E-state index is 12.5. The van der Waals surface area contributed by atoms with E-state index in [1.54, 1.807) is 13.2 Å². The van der Waals surface area contributed by atoms with Gasteiger partial charge in [0, 0.05) is 6.08 Å². The highest BCUT2D eigenvalue weighted by Gasteiger charge is 2.19. The number of nitrogens with one attached hydrogen (secondary N) is 1. The summed E-state index contributed by atoms with van der Waals surface area (Å²) < 4.78 is 16.6. The van der Waals surface area contributed by atoms with Crippen molar-refractivity contribution in [2.45, 2.75) is 19.9 Å². The van der Waals surface area contributed by atoms with Crippen LogP contribution in [0, 0.1) is 5.92 Å². The molecule has 1 heterocycles. The molecule has 2 aromatic rings. The first-order valence-corrected chi connectivity index (χ1v) is 9.09. The highest BCUT2D eigenvalue weighted by molar-refractivity contribution is 5.92. The first kappa shape index (κ1) is 18.8. The minimum Gasteiger partial charge on any atom is -0.493 e. The minimum atomic E-state index is -0.147. The molecule has 1 aliphatic heterocycles. The van der Waals surface area contributed by atoms with Crippen molar-refractivity contribution in [3.8, 4) is 17.2 Å². The fourth-order valence-electron chi connectivity index (χ4n) is 3.06. The quantitative estimate of drug-likeness (QED) is 0.785. The van der Waals surface area contributed by atoms with Crippen molar-refractivity contribution in [3.05, 3.63) is 59.7 Å². The van der Waals surface area contributed by atoms with Gasteiger partial charge in [-0.05, 0) is 35.3 Å². The van der Waals surface area contributed by atoms with Crippen LogP contribution in [0.1, 0.15) is 31.0 Å². The van der Waals surface area contributed by atoms with Gasteiger partial charge in [-0.2, -0.15) is 0 Å². The van der Waals surface area contributed by atoms with Crippen LogP contribution in [0.25, 0.3) is 6.08 Å². The van der Waals surface area contributed by atoms with Crippen LogP contribution in [0.3, 0.4) is 0 Å². The molecule has 0 aliphatic carbocycles. The lowest BCUT2D eigenvalue weighted by molar-refractivity contribution is -0.117. The van der Waals surface area contributed by atoms with Gasteiger partial charge in [0.15, 0.2) is 11.5 Å². The lowest BCUT2D eigenvalue weighted by atomic mass is 9.96. The van der Waals surface area contributed by atoms with Gasteiger partial charge >= 0.3 is 0 Å². The molecule has 142 valence electrons. The molecule has 0 aromatic heterocycles. The van der Waals surface area contributed by atoms with E-state index in [0.717, 1.165) is 11.1 Å². The predicted molar refractivity (Wildman–Crippen MR) is 105 cm³/mol. The Morgan fingerprint density at radius 3 is 2.59 bits per heavy atom. The zero-order valence-corrected chi connectivity index (χ0v) is 15.9. The van der Waals surface area contributed by atoms with E-state index in [1.807, 2.05) is 42.5 Å². The number of carbonyl (C=O) groups is 1. The topological polar surface area (TPSA) is 56.8 Å². The van der Waals surface area contributed by atoms with Gasteiger partial charge in [-0.15, -0.1) is 0 Å². The van der Waals surface area contributed by atoms with Gasteiger partial charge in [0.25, 0.3) is 0 Å². The smallest absolute Gasteiger partial charge is 0.244 e. The average Bonchev–Trinajstić information content (AvgIpc) is 2.70. The molecular formula is C22H25NO4. The molecule has 0 spiro atoms. The van der Waals surface area contributed by atoms with E-state index in [2.05, 4.69) is 19.2 Å². The first-order chi connectivity index (χ1) is 13.1. The highest BCUT2D eigenvalue weighted by Crippen LogP contribution is 2.40. The molecule has 1 amide bonds. The Morgan fingerprint density at radius 1 is 1.15 bits per heavy atom.